The van der Waals surface area contributed by atoms with Gasteiger partial charge in [0.1, 0.15) is 0 Å². The van der Waals surface area contributed by atoms with Gasteiger partial charge in [0.05, 0.1) is 17.4 Å². The fraction of sp³-hybridized carbons (Fsp3) is 0.750. The summed E-state index contributed by atoms with van der Waals surface area (Å²) in [5.74, 6) is -4.26. The summed E-state index contributed by atoms with van der Waals surface area (Å²) in [7, 11) is 0. The van der Waals surface area contributed by atoms with Crippen LogP contribution in [0.5, 0.6) is 0 Å². The third-order valence-corrected chi connectivity index (χ3v) is 3.27. The summed E-state index contributed by atoms with van der Waals surface area (Å²) in [4.78, 5) is 21.3. The Kier molecular flexibility index (Phi) is 1.46. The molecule has 5 heteroatoms. The van der Waals surface area contributed by atoms with Gasteiger partial charge in [0.2, 0.25) is 0 Å². The highest BCUT2D eigenvalue weighted by atomic mass is 16.4. The first-order valence-corrected chi connectivity index (χ1v) is 4.17. The third-order valence-electron chi connectivity index (χ3n) is 3.27. The van der Waals surface area contributed by atoms with Crippen LogP contribution in [0.3, 0.4) is 0 Å². The molecule has 0 spiro atoms. The standard InChI is InChI=1S/C8H10O5/c9-6(10)4-2-1-3-5(7(11)12)8(3,4)13/h3-5,13H,1-2H2,(H,9,10)(H,11,12). The minimum absolute atomic E-state index is 0.342. The van der Waals surface area contributed by atoms with Gasteiger partial charge in [0.25, 0.3) is 0 Å². The van der Waals surface area contributed by atoms with Crippen molar-refractivity contribution in [1.82, 2.24) is 0 Å². The number of carboxylic acids is 2. The molecule has 2 aliphatic carbocycles. The van der Waals surface area contributed by atoms with Crippen molar-refractivity contribution < 1.29 is 24.9 Å². The Morgan fingerprint density at radius 3 is 2.15 bits per heavy atom. The van der Waals surface area contributed by atoms with Crippen molar-refractivity contribution in [1.29, 1.82) is 0 Å². The van der Waals surface area contributed by atoms with Crippen LogP contribution in [-0.4, -0.2) is 32.9 Å². The number of hydrogen-bond acceptors (Lipinski definition) is 3. The Bertz CT molecular complexity index is 286. The molecule has 0 bridgehead atoms. The van der Waals surface area contributed by atoms with Gasteiger partial charge in [0.15, 0.2) is 0 Å². The van der Waals surface area contributed by atoms with Gasteiger partial charge in [-0.05, 0) is 12.8 Å². The van der Waals surface area contributed by atoms with Crippen LogP contribution in [0.15, 0.2) is 0 Å². The second kappa shape index (κ2) is 2.23. The zero-order valence-corrected chi connectivity index (χ0v) is 6.80. The number of carbonyl (C=O) groups is 2. The molecule has 3 N–H and O–H groups in total. The van der Waals surface area contributed by atoms with Crippen molar-refractivity contribution in [3.05, 3.63) is 0 Å². The van der Waals surface area contributed by atoms with Gasteiger partial charge in [0, 0.05) is 5.92 Å². The molecular weight excluding hydrogens is 176 g/mol. The largest absolute Gasteiger partial charge is 0.481 e. The predicted molar refractivity (Wildman–Crippen MR) is 39.9 cm³/mol. The third kappa shape index (κ3) is 0.848. The van der Waals surface area contributed by atoms with Crippen LogP contribution >= 0.6 is 0 Å². The van der Waals surface area contributed by atoms with E-state index < -0.39 is 29.4 Å². The maximum Gasteiger partial charge on any atom is 0.309 e. The van der Waals surface area contributed by atoms with E-state index in [-0.39, 0.29) is 5.92 Å². The van der Waals surface area contributed by atoms with Crippen LogP contribution in [-0.2, 0) is 9.59 Å². The molecule has 72 valence electrons. The number of carboxylic acid groups (broad SMARTS) is 2. The zero-order chi connectivity index (χ0) is 9.80. The van der Waals surface area contributed by atoms with E-state index in [9.17, 15) is 14.7 Å². The van der Waals surface area contributed by atoms with Gasteiger partial charge in [-0.3, -0.25) is 9.59 Å². The van der Waals surface area contributed by atoms with Gasteiger partial charge < -0.3 is 15.3 Å². The van der Waals surface area contributed by atoms with Crippen molar-refractivity contribution in [2.75, 3.05) is 0 Å². The molecule has 0 radical (unpaired) electrons. The van der Waals surface area contributed by atoms with Crippen LogP contribution in [0.2, 0.25) is 0 Å². The average molecular weight is 186 g/mol. The van der Waals surface area contributed by atoms with E-state index in [0.29, 0.717) is 12.8 Å². The quantitative estimate of drug-likeness (QED) is 0.542. The van der Waals surface area contributed by atoms with Crippen molar-refractivity contribution in [2.45, 2.75) is 18.4 Å². The molecule has 0 aromatic rings. The van der Waals surface area contributed by atoms with Crippen molar-refractivity contribution in [3.63, 3.8) is 0 Å². The Morgan fingerprint density at radius 1 is 1.15 bits per heavy atom. The van der Waals surface area contributed by atoms with Gasteiger partial charge in [-0.15, -0.1) is 0 Å². The predicted octanol–water partition coefficient (Wildman–Crippen LogP) is -0.457. The number of aliphatic hydroxyl groups is 1. The molecule has 5 nitrogen and oxygen atoms in total. The lowest BCUT2D eigenvalue weighted by Crippen LogP contribution is -2.31. The van der Waals surface area contributed by atoms with Gasteiger partial charge in [-0.25, -0.2) is 0 Å². The normalized spacial score (nSPS) is 47.0. The van der Waals surface area contributed by atoms with Crippen LogP contribution in [0.25, 0.3) is 0 Å². The number of aliphatic carboxylic acids is 2. The summed E-state index contributed by atoms with van der Waals surface area (Å²) in [6.45, 7) is 0. The molecule has 4 atom stereocenters. The molecule has 2 fully saturated rings. The first-order chi connectivity index (χ1) is 5.99. The lowest BCUT2D eigenvalue weighted by molar-refractivity contribution is -0.149. The number of fused-ring (bicyclic) bond motifs is 1. The summed E-state index contributed by atoms with van der Waals surface area (Å²) in [5.41, 5.74) is -1.46. The molecule has 4 unspecified atom stereocenters. The van der Waals surface area contributed by atoms with E-state index in [1.54, 1.807) is 0 Å². The summed E-state index contributed by atoms with van der Waals surface area (Å²) < 4.78 is 0. The fourth-order valence-corrected chi connectivity index (χ4v) is 2.61. The summed E-state index contributed by atoms with van der Waals surface area (Å²) in [6.07, 6.45) is 0.894. The average Bonchev–Trinajstić information content (AvgIpc) is 2.44. The van der Waals surface area contributed by atoms with Crippen molar-refractivity contribution in [2.24, 2.45) is 17.8 Å². The fourth-order valence-electron chi connectivity index (χ4n) is 2.61. The smallest absolute Gasteiger partial charge is 0.309 e. The number of rotatable bonds is 2. The maximum absolute atomic E-state index is 10.7. The van der Waals surface area contributed by atoms with Crippen molar-refractivity contribution >= 4 is 11.9 Å². The lowest BCUT2D eigenvalue weighted by Gasteiger charge is -2.14. The van der Waals surface area contributed by atoms with E-state index in [2.05, 4.69) is 0 Å². The van der Waals surface area contributed by atoms with Crippen LogP contribution < -0.4 is 0 Å². The number of hydrogen-bond donors (Lipinski definition) is 3. The monoisotopic (exact) mass is 186 g/mol. The second-order valence-electron chi connectivity index (χ2n) is 3.78. The molecule has 0 amide bonds. The van der Waals surface area contributed by atoms with Gasteiger partial charge >= 0.3 is 11.9 Å². The molecule has 0 aromatic heterocycles. The highest BCUT2D eigenvalue weighted by Crippen LogP contribution is 2.63. The van der Waals surface area contributed by atoms with E-state index in [1.807, 2.05) is 0 Å². The van der Waals surface area contributed by atoms with Crippen LogP contribution in [0, 0.1) is 17.8 Å². The van der Waals surface area contributed by atoms with Gasteiger partial charge in [-0.2, -0.15) is 0 Å². The maximum atomic E-state index is 10.7. The van der Waals surface area contributed by atoms with E-state index in [0.717, 1.165) is 0 Å². The molecule has 2 saturated carbocycles. The van der Waals surface area contributed by atoms with E-state index in [4.69, 9.17) is 10.2 Å². The van der Waals surface area contributed by atoms with Crippen LogP contribution in [0.4, 0.5) is 0 Å². The first-order valence-electron chi connectivity index (χ1n) is 4.17. The topological polar surface area (TPSA) is 94.8 Å². The minimum atomic E-state index is -1.46. The second-order valence-corrected chi connectivity index (χ2v) is 3.78. The van der Waals surface area contributed by atoms with E-state index in [1.165, 1.54) is 0 Å². The summed E-state index contributed by atoms with van der Waals surface area (Å²) in [6, 6.07) is 0. The zero-order valence-electron chi connectivity index (χ0n) is 6.80. The Morgan fingerprint density at radius 2 is 1.77 bits per heavy atom. The van der Waals surface area contributed by atoms with Crippen LogP contribution in [0.1, 0.15) is 12.8 Å². The molecule has 0 heterocycles. The molecule has 0 aliphatic heterocycles. The Labute approximate surface area is 74.0 Å². The molecule has 2 aliphatic rings. The van der Waals surface area contributed by atoms with Crippen molar-refractivity contribution in [3.8, 4) is 0 Å². The molecular formula is C8H10O5. The molecule has 0 saturated heterocycles. The molecule has 13 heavy (non-hydrogen) atoms. The summed E-state index contributed by atoms with van der Waals surface area (Å²) in [5, 5.41) is 27.2. The summed E-state index contributed by atoms with van der Waals surface area (Å²) >= 11 is 0. The Hall–Kier alpha value is -1.10. The Balaban J connectivity index is 2.22. The highest BCUT2D eigenvalue weighted by molar-refractivity contribution is 5.82. The lowest BCUT2D eigenvalue weighted by atomic mass is 9.97. The minimum Gasteiger partial charge on any atom is -0.481 e. The van der Waals surface area contributed by atoms with Gasteiger partial charge in [-0.1, -0.05) is 0 Å². The SMILES string of the molecule is O=C(O)C1CCC2C(C(=O)O)C12O. The molecule has 2 rings (SSSR count). The molecule has 0 aromatic carbocycles. The first kappa shape index (κ1) is 8.50. The highest BCUT2D eigenvalue weighted by Gasteiger charge is 2.75. The van der Waals surface area contributed by atoms with E-state index >= 15 is 0 Å².